The van der Waals surface area contributed by atoms with Gasteiger partial charge in [0.15, 0.2) is 0 Å². The Morgan fingerprint density at radius 2 is 1.62 bits per heavy atom. The van der Waals surface area contributed by atoms with Gasteiger partial charge in [-0.05, 0) is 56.4 Å². The van der Waals surface area contributed by atoms with Gasteiger partial charge >= 0.3 is 5.97 Å². The van der Waals surface area contributed by atoms with Crippen LogP contribution in [-0.2, 0) is 9.59 Å². The summed E-state index contributed by atoms with van der Waals surface area (Å²) in [4.78, 5) is 24.7. The number of amides is 1. The van der Waals surface area contributed by atoms with E-state index < -0.39 is 22.2 Å². The third kappa shape index (κ3) is 2.66. The minimum absolute atomic E-state index is 0.137. The summed E-state index contributed by atoms with van der Waals surface area (Å²) < 4.78 is 5.39. The fourth-order valence-corrected chi connectivity index (χ4v) is 3.58. The molecule has 1 aromatic carbocycles. The smallest absolute Gasteiger partial charge is 0.309 e. The summed E-state index contributed by atoms with van der Waals surface area (Å²) in [6.07, 6.45) is 1.04. The third-order valence-corrected chi connectivity index (χ3v) is 6.28. The summed E-state index contributed by atoms with van der Waals surface area (Å²) >= 11 is 0. The molecule has 2 unspecified atom stereocenters. The molecule has 2 rings (SSSR count). The van der Waals surface area contributed by atoms with Crippen LogP contribution in [0.5, 0.6) is 5.75 Å². The number of carbonyl (C=O) groups is 2. The van der Waals surface area contributed by atoms with Crippen LogP contribution in [0.2, 0.25) is 0 Å². The van der Waals surface area contributed by atoms with Gasteiger partial charge in [0, 0.05) is 5.69 Å². The van der Waals surface area contributed by atoms with Crippen LogP contribution in [-0.4, -0.2) is 23.6 Å². The fraction of sp³-hybridized carbons (Fsp3) is 0.579. The molecule has 0 saturated heterocycles. The molecule has 1 fully saturated rings. The molecule has 0 heterocycles. The summed E-state index contributed by atoms with van der Waals surface area (Å²) in [7, 11) is 0. The Bertz CT molecular complexity index is 637. The molecule has 1 aliphatic carbocycles. The van der Waals surface area contributed by atoms with E-state index in [1.165, 1.54) is 0 Å². The molecule has 132 valence electrons. The number of anilines is 1. The predicted octanol–water partition coefficient (Wildman–Crippen LogP) is 3.94. The zero-order valence-electron chi connectivity index (χ0n) is 15.1. The van der Waals surface area contributed by atoms with E-state index in [2.05, 4.69) is 5.32 Å². The Balaban J connectivity index is 2.21. The van der Waals surface area contributed by atoms with Gasteiger partial charge in [0.1, 0.15) is 5.75 Å². The van der Waals surface area contributed by atoms with E-state index in [9.17, 15) is 14.7 Å². The average Bonchev–Trinajstić information content (AvgIpc) is 2.72. The van der Waals surface area contributed by atoms with Crippen LogP contribution < -0.4 is 10.1 Å². The lowest BCUT2D eigenvalue weighted by Gasteiger charge is -2.44. The summed E-state index contributed by atoms with van der Waals surface area (Å²) in [6.45, 7) is 9.87. The van der Waals surface area contributed by atoms with Crippen molar-refractivity contribution in [3.05, 3.63) is 24.3 Å². The minimum Gasteiger partial charge on any atom is -0.494 e. The maximum absolute atomic E-state index is 12.9. The second-order valence-electron chi connectivity index (χ2n) is 7.51. The molecular formula is C19H27NO4. The molecule has 1 aliphatic rings. The minimum atomic E-state index is -0.919. The molecule has 24 heavy (non-hydrogen) atoms. The van der Waals surface area contributed by atoms with E-state index in [-0.39, 0.29) is 5.91 Å². The van der Waals surface area contributed by atoms with Gasteiger partial charge in [0.05, 0.1) is 17.4 Å². The van der Waals surface area contributed by atoms with Crippen molar-refractivity contribution >= 4 is 17.6 Å². The van der Waals surface area contributed by atoms with Crippen LogP contribution in [0.4, 0.5) is 5.69 Å². The molecule has 1 amide bonds. The number of aliphatic carboxylic acids is 1. The molecule has 2 atom stereocenters. The van der Waals surface area contributed by atoms with Crippen molar-refractivity contribution in [2.45, 2.75) is 47.5 Å². The second kappa shape index (κ2) is 6.11. The first-order valence-electron chi connectivity index (χ1n) is 8.36. The van der Waals surface area contributed by atoms with Crippen molar-refractivity contribution in [3.8, 4) is 5.75 Å². The number of hydrogen-bond donors (Lipinski definition) is 2. The van der Waals surface area contributed by atoms with Gasteiger partial charge < -0.3 is 15.2 Å². The number of ether oxygens (including phenoxy) is 1. The van der Waals surface area contributed by atoms with Crippen molar-refractivity contribution in [1.29, 1.82) is 0 Å². The van der Waals surface area contributed by atoms with Crippen molar-refractivity contribution in [2.24, 2.45) is 16.2 Å². The maximum Gasteiger partial charge on any atom is 0.309 e. The third-order valence-electron chi connectivity index (χ3n) is 6.28. The van der Waals surface area contributed by atoms with E-state index in [0.29, 0.717) is 25.1 Å². The molecule has 1 aromatic rings. The number of carboxylic acids is 1. The van der Waals surface area contributed by atoms with E-state index in [1.807, 2.05) is 39.8 Å². The molecule has 0 spiro atoms. The highest BCUT2D eigenvalue weighted by molar-refractivity contribution is 5.97. The topological polar surface area (TPSA) is 75.6 Å². The largest absolute Gasteiger partial charge is 0.494 e. The second-order valence-corrected chi connectivity index (χ2v) is 7.51. The van der Waals surface area contributed by atoms with Gasteiger partial charge in [0.25, 0.3) is 0 Å². The van der Waals surface area contributed by atoms with Crippen molar-refractivity contribution in [3.63, 3.8) is 0 Å². The van der Waals surface area contributed by atoms with Gasteiger partial charge in [-0.2, -0.15) is 0 Å². The van der Waals surface area contributed by atoms with Gasteiger partial charge in [-0.1, -0.05) is 20.8 Å². The van der Waals surface area contributed by atoms with Crippen LogP contribution in [0.25, 0.3) is 0 Å². The monoisotopic (exact) mass is 333 g/mol. The molecule has 2 N–H and O–H groups in total. The molecule has 5 heteroatoms. The highest BCUT2D eigenvalue weighted by Gasteiger charge is 2.64. The zero-order chi connectivity index (χ0) is 18.2. The highest BCUT2D eigenvalue weighted by Crippen LogP contribution is 2.63. The number of nitrogens with one attached hydrogen (secondary N) is 1. The van der Waals surface area contributed by atoms with Crippen molar-refractivity contribution < 1.29 is 19.4 Å². The summed E-state index contributed by atoms with van der Waals surface area (Å²) in [6, 6.07) is 7.21. The summed E-state index contributed by atoms with van der Waals surface area (Å²) in [5.41, 5.74) is -1.65. The molecule has 0 bridgehead atoms. The van der Waals surface area contributed by atoms with Crippen LogP contribution in [0.15, 0.2) is 24.3 Å². The van der Waals surface area contributed by atoms with Crippen LogP contribution in [0.3, 0.4) is 0 Å². The SMILES string of the molecule is CCOc1ccc(NC(=O)C2(C)CCC(C)(C(=O)O)C2(C)C)cc1. The lowest BCUT2D eigenvalue weighted by Crippen LogP contribution is -2.49. The Morgan fingerprint density at radius 1 is 1.08 bits per heavy atom. The van der Waals surface area contributed by atoms with E-state index in [0.717, 1.165) is 5.75 Å². The van der Waals surface area contributed by atoms with E-state index in [1.54, 1.807) is 19.1 Å². The van der Waals surface area contributed by atoms with Crippen LogP contribution >= 0.6 is 0 Å². The zero-order valence-corrected chi connectivity index (χ0v) is 15.1. The molecule has 0 radical (unpaired) electrons. The number of rotatable bonds is 5. The first-order chi connectivity index (χ1) is 11.1. The Hall–Kier alpha value is -2.04. The first-order valence-corrected chi connectivity index (χ1v) is 8.36. The van der Waals surface area contributed by atoms with E-state index in [4.69, 9.17) is 4.74 Å². The quantitative estimate of drug-likeness (QED) is 0.856. The Morgan fingerprint density at radius 3 is 2.08 bits per heavy atom. The standard InChI is InChI=1S/C19H27NO4/c1-6-24-14-9-7-13(8-10-14)20-15(21)18(4)11-12-19(5,16(22)23)17(18,2)3/h7-10H,6,11-12H2,1-5H3,(H,20,21)(H,22,23). The summed E-state index contributed by atoms with van der Waals surface area (Å²) in [5.74, 6) is -0.229. The number of benzene rings is 1. The Labute approximate surface area is 143 Å². The van der Waals surface area contributed by atoms with Gasteiger partial charge in [0.2, 0.25) is 5.91 Å². The Kier molecular flexibility index (Phi) is 4.66. The average molecular weight is 333 g/mol. The predicted molar refractivity (Wildman–Crippen MR) is 93.1 cm³/mol. The molecular weight excluding hydrogens is 306 g/mol. The highest BCUT2D eigenvalue weighted by atomic mass is 16.5. The number of carbonyl (C=O) groups excluding carboxylic acids is 1. The van der Waals surface area contributed by atoms with Crippen LogP contribution in [0.1, 0.15) is 47.5 Å². The lowest BCUT2D eigenvalue weighted by atomic mass is 9.59. The van der Waals surface area contributed by atoms with Crippen LogP contribution in [0, 0.1) is 16.2 Å². The first kappa shape index (κ1) is 18.3. The lowest BCUT2D eigenvalue weighted by molar-refractivity contribution is -0.157. The molecule has 5 nitrogen and oxygen atoms in total. The fourth-order valence-electron chi connectivity index (χ4n) is 3.58. The summed E-state index contributed by atoms with van der Waals surface area (Å²) in [5, 5.41) is 12.6. The number of hydrogen-bond acceptors (Lipinski definition) is 3. The number of carboxylic acid groups (broad SMARTS) is 1. The molecule has 0 aromatic heterocycles. The van der Waals surface area contributed by atoms with Crippen molar-refractivity contribution in [1.82, 2.24) is 0 Å². The molecule has 1 saturated carbocycles. The van der Waals surface area contributed by atoms with Gasteiger partial charge in [-0.15, -0.1) is 0 Å². The van der Waals surface area contributed by atoms with Crippen molar-refractivity contribution in [2.75, 3.05) is 11.9 Å². The maximum atomic E-state index is 12.9. The van der Waals surface area contributed by atoms with Gasteiger partial charge in [-0.25, -0.2) is 0 Å². The van der Waals surface area contributed by atoms with E-state index >= 15 is 0 Å². The van der Waals surface area contributed by atoms with Gasteiger partial charge in [-0.3, -0.25) is 9.59 Å². The normalized spacial score (nSPS) is 28.4. The molecule has 0 aliphatic heterocycles.